The molecular weight excluding hydrogens is 366 g/mol. The highest BCUT2D eigenvalue weighted by Gasteiger charge is 2.32. The summed E-state index contributed by atoms with van der Waals surface area (Å²) in [5, 5.41) is 6.78. The first-order valence-electron chi connectivity index (χ1n) is 10.9. The Morgan fingerprint density at radius 3 is 2.31 bits per heavy atom. The van der Waals surface area contributed by atoms with Gasteiger partial charge in [0.05, 0.1) is 18.5 Å². The van der Waals surface area contributed by atoms with E-state index in [-0.39, 0.29) is 17.6 Å². The number of rotatable bonds is 7. The van der Waals surface area contributed by atoms with Crippen LogP contribution in [0, 0.1) is 17.8 Å². The maximum atomic E-state index is 12.9. The number of hydrogen-bond donors (Lipinski definition) is 2. The highest BCUT2D eigenvalue weighted by molar-refractivity contribution is 5.81. The summed E-state index contributed by atoms with van der Waals surface area (Å²) in [6.07, 6.45) is 5.74. The van der Waals surface area contributed by atoms with Gasteiger partial charge in [-0.3, -0.25) is 9.59 Å². The number of methoxy groups -OCH3 is 1. The summed E-state index contributed by atoms with van der Waals surface area (Å²) < 4.78 is 5.34. The zero-order valence-corrected chi connectivity index (χ0v) is 18.0. The van der Waals surface area contributed by atoms with Crippen molar-refractivity contribution >= 4 is 23.1 Å². The minimum atomic E-state index is 0.153. The van der Waals surface area contributed by atoms with Gasteiger partial charge in [0.2, 0.25) is 5.91 Å². The van der Waals surface area contributed by atoms with Gasteiger partial charge in [-0.25, -0.2) is 0 Å². The molecule has 1 saturated carbocycles. The van der Waals surface area contributed by atoms with Crippen LogP contribution < -0.4 is 15.4 Å². The molecule has 0 radical (unpaired) electrons. The summed E-state index contributed by atoms with van der Waals surface area (Å²) in [5.41, 5.74) is 2.11. The van der Waals surface area contributed by atoms with Crippen LogP contribution in [0.2, 0.25) is 0 Å². The average molecular weight is 402 g/mol. The first-order valence-corrected chi connectivity index (χ1v) is 10.9. The van der Waals surface area contributed by atoms with E-state index in [1.807, 2.05) is 30.1 Å². The highest BCUT2D eigenvalue weighted by Crippen LogP contribution is 2.33. The van der Waals surface area contributed by atoms with Gasteiger partial charge >= 0.3 is 0 Å². The fraction of sp³-hybridized carbons (Fsp3) is 0.652. The van der Waals surface area contributed by atoms with Gasteiger partial charge in [0, 0.05) is 44.6 Å². The molecule has 1 saturated heterocycles. The molecule has 1 aromatic carbocycles. The molecule has 1 aliphatic carbocycles. The van der Waals surface area contributed by atoms with Crippen molar-refractivity contribution < 1.29 is 14.3 Å². The Kier molecular flexibility index (Phi) is 7.40. The number of carbonyl (C=O) groups excluding carboxylic acids is 2. The Labute approximate surface area is 174 Å². The number of ether oxygens (including phenoxy) is 1. The first kappa shape index (κ1) is 21.5. The lowest BCUT2D eigenvalue weighted by Crippen LogP contribution is -2.43. The molecule has 0 aromatic heterocycles. The smallest absolute Gasteiger partial charge is 0.225 e. The minimum absolute atomic E-state index is 0.153. The molecule has 2 fully saturated rings. The third-order valence-electron chi connectivity index (χ3n) is 6.65. The quantitative estimate of drug-likeness (QED) is 0.728. The number of Topliss-reactive ketones (excluding diaryl/α,β-unsaturated/α-hetero) is 1. The summed E-state index contributed by atoms with van der Waals surface area (Å²) in [6, 6.07) is 5.99. The zero-order valence-electron chi connectivity index (χ0n) is 18.0. The molecule has 0 bridgehead atoms. The SMILES string of the molecule is CNc1ccc(OC)cc1NCC1CCC(C(=O)N2CCC(C(C)=O)CC2)CC1. The Morgan fingerprint density at radius 1 is 1.03 bits per heavy atom. The largest absolute Gasteiger partial charge is 0.497 e. The van der Waals surface area contributed by atoms with E-state index in [1.54, 1.807) is 14.0 Å². The van der Waals surface area contributed by atoms with Gasteiger partial charge in [-0.1, -0.05) is 0 Å². The van der Waals surface area contributed by atoms with Crippen LogP contribution in [-0.4, -0.2) is 50.4 Å². The normalized spacial score (nSPS) is 22.8. The lowest BCUT2D eigenvalue weighted by molar-refractivity contribution is -0.139. The molecule has 1 heterocycles. The predicted molar refractivity (Wildman–Crippen MR) is 116 cm³/mol. The van der Waals surface area contributed by atoms with Gasteiger partial charge in [-0.15, -0.1) is 0 Å². The Bertz CT molecular complexity index is 705. The van der Waals surface area contributed by atoms with E-state index in [2.05, 4.69) is 10.6 Å². The number of hydrogen-bond acceptors (Lipinski definition) is 5. The summed E-state index contributed by atoms with van der Waals surface area (Å²) in [7, 11) is 3.60. The molecule has 1 aliphatic heterocycles. The molecule has 2 N–H and O–H groups in total. The number of carbonyl (C=O) groups is 2. The van der Waals surface area contributed by atoms with Crippen LogP contribution in [0.4, 0.5) is 11.4 Å². The van der Waals surface area contributed by atoms with Crippen LogP contribution in [0.25, 0.3) is 0 Å². The van der Waals surface area contributed by atoms with Crippen molar-refractivity contribution in [1.82, 2.24) is 4.90 Å². The van der Waals surface area contributed by atoms with Crippen molar-refractivity contribution in [2.24, 2.45) is 17.8 Å². The molecule has 6 nitrogen and oxygen atoms in total. The molecule has 160 valence electrons. The number of likely N-dealkylation sites (tertiary alicyclic amines) is 1. The summed E-state index contributed by atoms with van der Waals surface area (Å²) >= 11 is 0. The number of nitrogens with zero attached hydrogens (tertiary/aromatic N) is 1. The topological polar surface area (TPSA) is 70.7 Å². The van der Waals surface area contributed by atoms with E-state index in [4.69, 9.17) is 4.74 Å². The fourth-order valence-corrected chi connectivity index (χ4v) is 4.65. The van der Waals surface area contributed by atoms with Crippen LogP contribution in [0.5, 0.6) is 5.75 Å². The molecule has 6 heteroatoms. The lowest BCUT2D eigenvalue weighted by Gasteiger charge is -2.36. The molecule has 2 aliphatic rings. The molecule has 1 aromatic rings. The van der Waals surface area contributed by atoms with Crippen LogP contribution in [-0.2, 0) is 9.59 Å². The van der Waals surface area contributed by atoms with E-state index in [0.29, 0.717) is 11.8 Å². The number of anilines is 2. The van der Waals surface area contributed by atoms with Crippen molar-refractivity contribution in [2.75, 3.05) is 44.4 Å². The van der Waals surface area contributed by atoms with Crippen LogP contribution in [0.15, 0.2) is 18.2 Å². The van der Waals surface area contributed by atoms with Crippen LogP contribution in [0.3, 0.4) is 0 Å². The molecule has 1 amide bonds. The number of nitrogens with one attached hydrogen (secondary N) is 2. The van der Waals surface area contributed by atoms with Crippen molar-refractivity contribution in [2.45, 2.75) is 45.4 Å². The second kappa shape index (κ2) is 9.99. The van der Waals surface area contributed by atoms with E-state index < -0.39 is 0 Å². The maximum Gasteiger partial charge on any atom is 0.225 e. The van der Waals surface area contributed by atoms with E-state index in [1.165, 1.54) is 0 Å². The lowest BCUT2D eigenvalue weighted by atomic mass is 9.80. The van der Waals surface area contributed by atoms with Gasteiger partial charge in [0.15, 0.2) is 0 Å². The maximum absolute atomic E-state index is 12.9. The molecular formula is C23H35N3O3. The Morgan fingerprint density at radius 2 is 1.72 bits per heavy atom. The van der Waals surface area contributed by atoms with E-state index in [0.717, 1.165) is 75.3 Å². The predicted octanol–water partition coefficient (Wildman–Crippen LogP) is 3.78. The highest BCUT2D eigenvalue weighted by atomic mass is 16.5. The van der Waals surface area contributed by atoms with Crippen LogP contribution >= 0.6 is 0 Å². The molecule has 3 rings (SSSR count). The number of piperidine rings is 1. The van der Waals surface area contributed by atoms with E-state index in [9.17, 15) is 9.59 Å². The Hall–Kier alpha value is -2.24. The third-order valence-corrected chi connectivity index (χ3v) is 6.65. The standard InChI is InChI=1S/C23H35N3O3/c1-16(27)18-10-12-26(13-11-18)23(28)19-6-4-17(5-7-19)15-25-22-14-20(29-3)8-9-21(22)24-2/h8-9,14,17-19,24-25H,4-7,10-13,15H2,1-3H3. The van der Waals surface area contributed by atoms with Gasteiger partial charge < -0.3 is 20.3 Å². The van der Waals surface area contributed by atoms with Gasteiger partial charge in [-0.2, -0.15) is 0 Å². The average Bonchev–Trinajstić information content (AvgIpc) is 2.77. The summed E-state index contributed by atoms with van der Waals surface area (Å²) in [6.45, 7) is 4.07. The summed E-state index contributed by atoms with van der Waals surface area (Å²) in [4.78, 5) is 26.4. The zero-order chi connectivity index (χ0) is 20.8. The third kappa shape index (κ3) is 5.43. The molecule has 0 unspecified atom stereocenters. The number of benzene rings is 1. The molecule has 0 spiro atoms. The van der Waals surface area contributed by atoms with Crippen molar-refractivity contribution in [3.8, 4) is 5.75 Å². The molecule has 0 atom stereocenters. The first-order chi connectivity index (χ1) is 14.0. The van der Waals surface area contributed by atoms with E-state index >= 15 is 0 Å². The van der Waals surface area contributed by atoms with Crippen molar-refractivity contribution in [1.29, 1.82) is 0 Å². The molecule has 29 heavy (non-hydrogen) atoms. The van der Waals surface area contributed by atoms with Crippen LogP contribution in [0.1, 0.15) is 45.4 Å². The van der Waals surface area contributed by atoms with Gasteiger partial charge in [0.25, 0.3) is 0 Å². The summed E-state index contributed by atoms with van der Waals surface area (Å²) in [5.74, 6) is 2.31. The van der Waals surface area contributed by atoms with Gasteiger partial charge in [0.1, 0.15) is 11.5 Å². The Balaban J connectivity index is 1.45. The number of ketones is 1. The minimum Gasteiger partial charge on any atom is -0.497 e. The monoisotopic (exact) mass is 401 g/mol. The number of amides is 1. The van der Waals surface area contributed by atoms with Crippen molar-refractivity contribution in [3.63, 3.8) is 0 Å². The fourth-order valence-electron chi connectivity index (χ4n) is 4.65. The second-order valence-corrected chi connectivity index (χ2v) is 8.47. The van der Waals surface area contributed by atoms with Crippen molar-refractivity contribution in [3.05, 3.63) is 18.2 Å². The van der Waals surface area contributed by atoms with Gasteiger partial charge in [-0.05, 0) is 63.5 Å². The second-order valence-electron chi connectivity index (χ2n) is 8.47.